The van der Waals surface area contributed by atoms with E-state index in [0.717, 1.165) is 5.56 Å². The van der Waals surface area contributed by atoms with Gasteiger partial charge < -0.3 is 5.73 Å². The molecule has 4 nitrogen and oxygen atoms in total. The fourth-order valence-corrected chi connectivity index (χ4v) is 3.63. The molecule has 0 bridgehead atoms. The SMILES string of the molecule is CC(NS(=O)(=O)CC(C)(C)C)c1ccc(N)cc1. The van der Waals surface area contributed by atoms with Crippen molar-refractivity contribution in [3.63, 3.8) is 0 Å². The van der Waals surface area contributed by atoms with E-state index in [0.29, 0.717) is 5.69 Å². The molecule has 0 amide bonds. The minimum Gasteiger partial charge on any atom is -0.399 e. The molecule has 0 aromatic heterocycles. The number of nitrogens with two attached hydrogens (primary N) is 1. The molecule has 0 heterocycles. The van der Waals surface area contributed by atoms with Gasteiger partial charge in [0.25, 0.3) is 0 Å². The summed E-state index contributed by atoms with van der Waals surface area (Å²) in [5, 5.41) is 0. The number of rotatable bonds is 4. The lowest BCUT2D eigenvalue weighted by Crippen LogP contribution is -2.34. The molecule has 1 unspecified atom stereocenters. The molecule has 3 N–H and O–H groups in total. The van der Waals surface area contributed by atoms with Crippen LogP contribution in [0, 0.1) is 5.41 Å². The second-order valence-electron chi connectivity index (χ2n) is 5.83. The zero-order chi connectivity index (χ0) is 14.0. The zero-order valence-electron chi connectivity index (χ0n) is 11.4. The van der Waals surface area contributed by atoms with Gasteiger partial charge in [0.1, 0.15) is 0 Å². The fourth-order valence-electron chi connectivity index (χ4n) is 1.73. The Hall–Kier alpha value is -1.07. The molecule has 0 saturated heterocycles. The van der Waals surface area contributed by atoms with Crippen molar-refractivity contribution in [1.29, 1.82) is 0 Å². The maximum atomic E-state index is 12.0. The van der Waals surface area contributed by atoms with E-state index in [1.807, 2.05) is 39.8 Å². The Morgan fingerprint density at radius 1 is 1.22 bits per heavy atom. The Kier molecular flexibility index (Phi) is 4.40. The van der Waals surface area contributed by atoms with Crippen LogP contribution >= 0.6 is 0 Å². The minimum atomic E-state index is -3.28. The molecule has 18 heavy (non-hydrogen) atoms. The summed E-state index contributed by atoms with van der Waals surface area (Å²) in [6.45, 7) is 7.53. The maximum Gasteiger partial charge on any atom is 0.212 e. The average Bonchev–Trinajstić information content (AvgIpc) is 2.13. The number of hydrogen-bond acceptors (Lipinski definition) is 3. The Labute approximate surface area is 110 Å². The molecule has 0 fully saturated rings. The van der Waals surface area contributed by atoms with Crippen molar-refractivity contribution in [2.45, 2.75) is 33.7 Å². The van der Waals surface area contributed by atoms with Crippen LogP contribution in [-0.4, -0.2) is 14.2 Å². The van der Waals surface area contributed by atoms with E-state index in [4.69, 9.17) is 5.73 Å². The molecule has 0 aliphatic heterocycles. The van der Waals surface area contributed by atoms with Crippen molar-refractivity contribution >= 4 is 15.7 Å². The van der Waals surface area contributed by atoms with Crippen LogP contribution < -0.4 is 10.5 Å². The molecule has 1 atom stereocenters. The topological polar surface area (TPSA) is 72.2 Å². The van der Waals surface area contributed by atoms with Crippen LogP contribution in [0.4, 0.5) is 5.69 Å². The van der Waals surface area contributed by atoms with Crippen LogP contribution in [0.25, 0.3) is 0 Å². The summed E-state index contributed by atoms with van der Waals surface area (Å²) in [5.41, 5.74) is 6.92. The molecular weight excluding hydrogens is 248 g/mol. The quantitative estimate of drug-likeness (QED) is 0.825. The van der Waals surface area contributed by atoms with Gasteiger partial charge in [-0.1, -0.05) is 32.9 Å². The van der Waals surface area contributed by atoms with Gasteiger partial charge in [-0.15, -0.1) is 0 Å². The first kappa shape index (κ1) is 15.0. The van der Waals surface area contributed by atoms with E-state index in [1.54, 1.807) is 12.1 Å². The molecule has 0 aliphatic rings. The van der Waals surface area contributed by atoms with Crippen LogP contribution in [0.2, 0.25) is 0 Å². The summed E-state index contributed by atoms with van der Waals surface area (Å²) in [7, 11) is -3.28. The van der Waals surface area contributed by atoms with E-state index in [1.165, 1.54) is 0 Å². The van der Waals surface area contributed by atoms with Gasteiger partial charge in [0.15, 0.2) is 0 Å². The first-order valence-corrected chi connectivity index (χ1v) is 7.60. The molecule has 0 radical (unpaired) electrons. The molecular formula is C13H22N2O2S. The van der Waals surface area contributed by atoms with E-state index in [9.17, 15) is 8.42 Å². The zero-order valence-corrected chi connectivity index (χ0v) is 12.2. The van der Waals surface area contributed by atoms with E-state index >= 15 is 0 Å². The lowest BCUT2D eigenvalue weighted by atomic mass is 10.0. The highest BCUT2D eigenvalue weighted by atomic mass is 32.2. The molecule has 1 rings (SSSR count). The van der Waals surface area contributed by atoms with Crippen molar-refractivity contribution in [3.8, 4) is 0 Å². The van der Waals surface area contributed by atoms with E-state index < -0.39 is 10.0 Å². The number of anilines is 1. The van der Waals surface area contributed by atoms with Crippen molar-refractivity contribution in [2.75, 3.05) is 11.5 Å². The first-order chi connectivity index (χ1) is 8.09. The van der Waals surface area contributed by atoms with Gasteiger partial charge in [0.2, 0.25) is 10.0 Å². The third-order valence-corrected chi connectivity index (χ3v) is 4.37. The summed E-state index contributed by atoms with van der Waals surface area (Å²) in [4.78, 5) is 0. The minimum absolute atomic E-state index is 0.110. The van der Waals surface area contributed by atoms with E-state index in [-0.39, 0.29) is 17.2 Å². The molecule has 5 heteroatoms. The van der Waals surface area contributed by atoms with Gasteiger partial charge >= 0.3 is 0 Å². The fraction of sp³-hybridized carbons (Fsp3) is 0.538. The van der Waals surface area contributed by atoms with Crippen molar-refractivity contribution in [2.24, 2.45) is 5.41 Å². The number of hydrogen-bond donors (Lipinski definition) is 2. The predicted molar refractivity (Wildman–Crippen MR) is 75.6 cm³/mol. The van der Waals surface area contributed by atoms with Gasteiger partial charge in [-0.2, -0.15) is 0 Å². The second-order valence-corrected chi connectivity index (χ2v) is 7.58. The molecule has 1 aromatic rings. The molecule has 0 spiro atoms. The van der Waals surface area contributed by atoms with Crippen LogP contribution in [0.5, 0.6) is 0 Å². The standard InChI is InChI=1S/C13H22N2O2S/c1-10(11-5-7-12(14)8-6-11)15-18(16,17)9-13(2,3)4/h5-8,10,15H,9,14H2,1-4H3. The van der Waals surface area contributed by atoms with Gasteiger partial charge in [-0.25, -0.2) is 13.1 Å². The molecule has 0 aliphatic carbocycles. The molecule has 0 saturated carbocycles. The summed E-state index contributed by atoms with van der Waals surface area (Å²) >= 11 is 0. The monoisotopic (exact) mass is 270 g/mol. The first-order valence-electron chi connectivity index (χ1n) is 5.94. The van der Waals surface area contributed by atoms with Crippen molar-refractivity contribution in [3.05, 3.63) is 29.8 Å². The molecule has 1 aromatic carbocycles. The van der Waals surface area contributed by atoms with Crippen molar-refractivity contribution in [1.82, 2.24) is 4.72 Å². The highest BCUT2D eigenvalue weighted by Crippen LogP contribution is 2.19. The number of benzene rings is 1. The van der Waals surface area contributed by atoms with Crippen LogP contribution in [0.3, 0.4) is 0 Å². The largest absolute Gasteiger partial charge is 0.399 e. The summed E-state index contributed by atoms with van der Waals surface area (Å²) in [6.07, 6.45) is 0. The lowest BCUT2D eigenvalue weighted by molar-refractivity contribution is 0.455. The smallest absolute Gasteiger partial charge is 0.212 e. The maximum absolute atomic E-state index is 12.0. The van der Waals surface area contributed by atoms with Gasteiger partial charge in [0.05, 0.1) is 5.75 Å². The Morgan fingerprint density at radius 3 is 2.17 bits per heavy atom. The van der Waals surface area contributed by atoms with Crippen LogP contribution in [-0.2, 0) is 10.0 Å². The number of nitrogens with one attached hydrogen (secondary N) is 1. The Bertz CT molecular complexity index is 487. The van der Waals surface area contributed by atoms with Gasteiger partial charge in [-0.3, -0.25) is 0 Å². The van der Waals surface area contributed by atoms with Crippen LogP contribution in [0.15, 0.2) is 24.3 Å². The third kappa shape index (κ3) is 5.06. The van der Waals surface area contributed by atoms with Crippen LogP contribution in [0.1, 0.15) is 39.3 Å². The van der Waals surface area contributed by atoms with Gasteiger partial charge in [-0.05, 0) is 30.0 Å². The Balaban J connectivity index is 2.76. The summed E-state index contributed by atoms with van der Waals surface area (Å²) in [5.74, 6) is 0.110. The predicted octanol–water partition coefficient (Wildman–Crippen LogP) is 2.30. The highest BCUT2D eigenvalue weighted by Gasteiger charge is 2.23. The second kappa shape index (κ2) is 5.28. The average molecular weight is 270 g/mol. The third-order valence-electron chi connectivity index (χ3n) is 2.42. The highest BCUT2D eigenvalue weighted by molar-refractivity contribution is 7.89. The molecule has 102 valence electrons. The Morgan fingerprint density at radius 2 is 1.72 bits per heavy atom. The van der Waals surface area contributed by atoms with Gasteiger partial charge in [0, 0.05) is 11.7 Å². The number of nitrogen functional groups attached to an aromatic ring is 1. The summed E-state index contributed by atoms with van der Waals surface area (Å²) in [6, 6.07) is 6.95. The summed E-state index contributed by atoms with van der Waals surface area (Å²) < 4.78 is 26.6. The van der Waals surface area contributed by atoms with Crippen molar-refractivity contribution < 1.29 is 8.42 Å². The normalized spacial score (nSPS) is 14.4. The number of sulfonamides is 1. The lowest BCUT2D eigenvalue weighted by Gasteiger charge is -2.21. The van der Waals surface area contributed by atoms with E-state index in [2.05, 4.69) is 4.72 Å².